The summed E-state index contributed by atoms with van der Waals surface area (Å²) in [6.07, 6.45) is 1.66. The van der Waals surface area contributed by atoms with Gasteiger partial charge in [0.1, 0.15) is 18.3 Å². The number of aromatic nitrogens is 1. The Kier molecular flexibility index (Phi) is 5.67. The highest BCUT2D eigenvalue weighted by molar-refractivity contribution is 5.91. The Morgan fingerprint density at radius 1 is 1.19 bits per heavy atom. The summed E-state index contributed by atoms with van der Waals surface area (Å²) in [4.78, 5) is 27.6. The van der Waals surface area contributed by atoms with Gasteiger partial charge < -0.3 is 24.4 Å². The number of benzene rings is 1. The van der Waals surface area contributed by atoms with Gasteiger partial charge in [0.15, 0.2) is 0 Å². The van der Waals surface area contributed by atoms with Gasteiger partial charge >= 0.3 is 11.9 Å². The number of hydrogen-bond acceptors (Lipinski definition) is 5. The Morgan fingerprint density at radius 3 is 2.44 bits per heavy atom. The SMILES string of the molecule is CCN1CCN([C@@H](C(=O)O)c2cn(CC(=O)O)c3ccc(OC)cc23)CC1. The lowest BCUT2D eigenvalue weighted by Gasteiger charge is -2.37. The second-order valence-corrected chi connectivity index (χ2v) is 6.70. The van der Waals surface area contributed by atoms with Crippen LogP contribution in [0.4, 0.5) is 0 Å². The van der Waals surface area contributed by atoms with Crippen molar-refractivity contribution in [2.75, 3.05) is 39.8 Å². The first-order chi connectivity index (χ1) is 12.9. The molecule has 1 aliphatic heterocycles. The Bertz CT molecular complexity index is 839. The maximum atomic E-state index is 12.2. The van der Waals surface area contributed by atoms with Gasteiger partial charge in [0, 0.05) is 48.8 Å². The number of carboxylic acid groups (broad SMARTS) is 2. The molecule has 0 amide bonds. The predicted molar refractivity (Wildman–Crippen MR) is 100 cm³/mol. The second kappa shape index (κ2) is 7.98. The molecule has 1 aromatic carbocycles. The third-order valence-electron chi connectivity index (χ3n) is 5.17. The van der Waals surface area contributed by atoms with Gasteiger partial charge in [-0.05, 0) is 24.7 Å². The van der Waals surface area contributed by atoms with Crippen molar-refractivity contribution in [1.29, 1.82) is 0 Å². The molecule has 0 bridgehead atoms. The number of piperazine rings is 1. The fourth-order valence-corrected chi connectivity index (χ4v) is 3.75. The largest absolute Gasteiger partial charge is 0.497 e. The molecule has 1 saturated heterocycles. The summed E-state index contributed by atoms with van der Waals surface area (Å²) in [7, 11) is 1.55. The standard InChI is InChI=1S/C19H25N3O5/c1-3-20-6-8-21(9-7-20)18(19(25)26)15-11-22(12-17(23)24)16-5-4-13(27-2)10-14(15)16/h4-5,10-11,18H,3,6-9,12H2,1-2H3,(H,23,24)(H,25,26)/t18-/m1/s1. The number of nitrogens with zero attached hydrogens (tertiary/aromatic N) is 3. The molecule has 0 radical (unpaired) electrons. The average Bonchev–Trinajstić information content (AvgIpc) is 2.99. The topological polar surface area (TPSA) is 95.2 Å². The number of carboxylic acids is 2. The Labute approximate surface area is 157 Å². The summed E-state index contributed by atoms with van der Waals surface area (Å²) in [5.74, 6) is -1.30. The van der Waals surface area contributed by atoms with Crippen LogP contribution in [0.5, 0.6) is 5.75 Å². The molecule has 1 aromatic heterocycles. The molecular formula is C19H25N3O5. The number of rotatable bonds is 7. The molecule has 1 aliphatic rings. The van der Waals surface area contributed by atoms with E-state index < -0.39 is 18.0 Å². The Hall–Kier alpha value is -2.58. The molecule has 0 spiro atoms. The first-order valence-electron chi connectivity index (χ1n) is 9.02. The van der Waals surface area contributed by atoms with E-state index in [9.17, 15) is 19.8 Å². The summed E-state index contributed by atoms with van der Waals surface area (Å²) < 4.78 is 6.88. The van der Waals surface area contributed by atoms with Crippen LogP contribution in [0.2, 0.25) is 0 Å². The quantitative estimate of drug-likeness (QED) is 0.757. The van der Waals surface area contributed by atoms with Crippen molar-refractivity contribution < 1.29 is 24.5 Å². The highest BCUT2D eigenvalue weighted by atomic mass is 16.5. The van der Waals surface area contributed by atoms with Crippen LogP contribution in [0.15, 0.2) is 24.4 Å². The molecule has 0 unspecified atom stereocenters. The van der Waals surface area contributed by atoms with Crippen LogP contribution in [-0.4, -0.2) is 76.4 Å². The van der Waals surface area contributed by atoms with Gasteiger partial charge in [0.2, 0.25) is 0 Å². The van der Waals surface area contributed by atoms with Crippen molar-refractivity contribution in [2.45, 2.75) is 19.5 Å². The molecule has 0 aliphatic carbocycles. The molecule has 8 nitrogen and oxygen atoms in total. The lowest BCUT2D eigenvalue weighted by molar-refractivity contribution is -0.144. The van der Waals surface area contributed by atoms with Crippen molar-refractivity contribution in [3.05, 3.63) is 30.0 Å². The number of likely N-dealkylation sites (N-methyl/N-ethyl adjacent to an activating group) is 1. The fraction of sp³-hybridized carbons (Fsp3) is 0.474. The van der Waals surface area contributed by atoms with Gasteiger partial charge in [-0.1, -0.05) is 6.92 Å². The molecule has 3 rings (SSSR count). The summed E-state index contributed by atoms with van der Waals surface area (Å²) in [5, 5.41) is 19.9. The molecule has 2 N–H and O–H groups in total. The summed E-state index contributed by atoms with van der Waals surface area (Å²) in [6.45, 7) is 5.76. The van der Waals surface area contributed by atoms with E-state index in [1.807, 2.05) is 4.90 Å². The van der Waals surface area contributed by atoms with E-state index in [1.165, 1.54) is 0 Å². The van der Waals surface area contributed by atoms with Crippen LogP contribution in [0.25, 0.3) is 10.9 Å². The number of fused-ring (bicyclic) bond motifs is 1. The van der Waals surface area contributed by atoms with Gasteiger partial charge in [-0.3, -0.25) is 14.5 Å². The molecule has 146 valence electrons. The van der Waals surface area contributed by atoms with Crippen LogP contribution in [0, 0.1) is 0 Å². The fourth-order valence-electron chi connectivity index (χ4n) is 3.75. The van der Waals surface area contributed by atoms with E-state index in [4.69, 9.17) is 4.74 Å². The highest BCUT2D eigenvalue weighted by Gasteiger charge is 2.32. The minimum absolute atomic E-state index is 0.223. The van der Waals surface area contributed by atoms with Gasteiger partial charge in [0.25, 0.3) is 0 Å². The first-order valence-corrected chi connectivity index (χ1v) is 9.02. The Morgan fingerprint density at radius 2 is 1.89 bits per heavy atom. The van der Waals surface area contributed by atoms with Crippen molar-refractivity contribution in [3.63, 3.8) is 0 Å². The van der Waals surface area contributed by atoms with Crippen LogP contribution >= 0.6 is 0 Å². The zero-order chi connectivity index (χ0) is 19.6. The van der Waals surface area contributed by atoms with Crippen molar-refractivity contribution >= 4 is 22.8 Å². The first kappa shape index (κ1) is 19.2. The molecule has 8 heteroatoms. The summed E-state index contributed by atoms with van der Waals surface area (Å²) in [6, 6.07) is 4.48. The van der Waals surface area contributed by atoms with Crippen molar-refractivity contribution in [2.24, 2.45) is 0 Å². The van der Waals surface area contributed by atoms with Gasteiger partial charge in [0.05, 0.1) is 7.11 Å². The van der Waals surface area contributed by atoms with E-state index in [0.29, 0.717) is 35.3 Å². The normalized spacial score (nSPS) is 17.1. The molecule has 1 fully saturated rings. The monoisotopic (exact) mass is 375 g/mol. The number of ether oxygens (including phenoxy) is 1. The van der Waals surface area contributed by atoms with E-state index in [2.05, 4.69) is 11.8 Å². The molecule has 2 aromatic rings. The number of hydrogen-bond donors (Lipinski definition) is 2. The summed E-state index contributed by atoms with van der Waals surface area (Å²) in [5.41, 5.74) is 1.29. The maximum absolute atomic E-state index is 12.2. The van der Waals surface area contributed by atoms with Gasteiger partial charge in [-0.25, -0.2) is 0 Å². The zero-order valence-corrected chi connectivity index (χ0v) is 15.6. The minimum atomic E-state index is -0.974. The van der Waals surface area contributed by atoms with Crippen LogP contribution in [0.1, 0.15) is 18.5 Å². The molecule has 27 heavy (non-hydrogen) atoms. The van der Waals surface area contributed by atoms with E-state index in [0.717, 1.165) is 19.6 Å². The molecule has 2 heterocycles. The van der Waals surface area contributed by atoms with E-state index in [1.54, 1.807) is 36.1 Å². The third-order valence-corrected chi connectivity index (χ3v) is 5.17. The number of aliphatic carboxylic acids is 2. The maximum Gasteiger partial charge on any atom is 0.325 e. The van der Waals surface area contributed by atoms with Gasteiger partial charge in [-0.2, -0.15) is 0 Å². The molecule has 1 atom stereocenters. The van der Waals surface area contributed by atoms with Crippen LogP contribution < -0.4 is 4.74 Å². The van der Waals surface area contributed by atoms with Crippen LogP contribution in [-0.2, 0) is 16.1 Å². The lowest BCUT2D eigenvalue weighted by atomic mass is 10.0. The van der Waals surface area contributed by atoms with Gasteiger partial charge in [-0.15, -0.1) is 0 Å². The average molecular weight is 375 g/mol. The van der Waals surface area contributed by atoms with Crippen molar-refractivity contribution in [1.82, 2.24) is 14.4 Å². The van der Waals surface area contributed by atoms with E-state index >= 15 is 0 Å². The predicted octanol–water partition coefficient (Wildman–Crippen LogP) is 1.50. The third kappa shape index (κ3) is 3.91. The minimum Gasteiger partial charge on any atom is -0.497 e. The molecule has 0 saturated carbocycles. The van der Waals surface area contributed by atoms with Crippen molar-refractivity contribution in [3.8, 4) is 5.75 Å². The Balaban J connectivity index is 2.05. The highest BCUT2D eigenvalue weighted by Crippen LogP contribution is 2.33. The zero-order valence-electron chi connectivity index (χ0n) is 15.6. The lowest BCUT2D eigenvalue weighted by Crippen LogP contribution is -2.49. The number of carbonyl (C=O) groups is 2. The summed E-state index contributed by atoms with van der Waals surface area (Å²) >= 11 is 0. The van der Waals surface area contributed by atoms with E-state index in [-0.39, 0.29) is 6.54 Å². The smallest absolute Gasteiger partial charge is 0.325 e. The second-order valence-electron chi connectivity index (χ2n) is 6.70. The number of methoxy groups -OCH3 is 1. The van der Waals surface area contributed by atoms with Crippen LogP contribution in [0.3, 0.4) is 0 Å². The molecular weight excluding hydrogens is 350 g/mol.